The van der Waals surface area contributed by atoms with Crippen molar-refractivity contribution in [2.24, 2.45) is 0 Å². The maximum atomic E-state index is 11.1. The molecule has 0 atom stereocenters. The molecule has 0 aromatic heterocycles. The fourth-order valence-corrected chi connectivity index (χ4v) is 1.68. The number of carbonyl (C=O) groups is 2. The van der Waals surface area contributed by atoms with Crippen molar-refractivity contribution in [1.82, 2.24) is 0 Å². The Kier molecular flexibility index (Phi) is 3.88. The van der Waals surface area contributed by atoms with Gasteiger partial charge in [0.15, 0.2) is 0 Å². The van der Waals surface area contributed by atoms with Crippen molar-refractivity contribution in [3.05, 3.63) is 47.5 Å². The third kappa shape index (κ3) is 2.30. The van der Waals surface area contributed by atoms with Crippen molar-refractivity contribution >= 4 is 22.7 Å². The van der Waals surface area contributed by atoms with Gasteiger partial charge in [-0.15, -0.1) is 0 Å². The van der Waals surface area contributed by atoms with Crippen molar-refractivity contribution in [3.8, 4) is 0 Å². The van der Waals surface area contributed by atoms with E-state index >= 15 is 0 Å². The molecule has 2 aromatic rings. The Morgan fingerprint density at radius 1 is 0.882 bits per heavy atom. The molecule has 2 N–H and O–H groups in total. The van der Waals surface area contributed by atoms with Crippen LogP contribution in [-0.4, -0.2) is 22.2 Å². The van der Waals surface area contributed by atoms with Crippen LogP contribution in [0.5, 0.6) is 0 Å². The Morgan fingerprint density at radius 2 is 1.53 bits per heavy atom. The normalized spacial score (nSPS) is 9.65. The number of aromatic carboxylic acids is 2. The zero-order valence-electron chi connectivity index (χ0n) is 8.48. The van der Waals surface area contributed by atoms with Crippen LogP contribution >= 0.6 is 0 Å². The molecule has 5 heteroatoms. The van der Waals surface area contributed by atoms with Gasteiger partial charge in [-0.1, -0.05) is 30.3 Å². The number of fused-ring (bicyclic) bond motifs is 1. The van der Waals surface area contributed by atoms with Gasteiger partial charge >= 0.3 is 11.9 Å². The number of benzene rings is 2. The fourth-order valence-electron chi connectivity index (χ4n) is 1.68. The minimum atomic E-state index is -1.23. The van der Waals surface area contributed by atoms with Gasteiger partial charge in [0.05, 0.1) is 11.1 Å². The monoisotopic (exact) mass is 279 g/mol. The second-order valence-electron chi connectivity index (χ2n) is 3.32. The first-order valence-corrected chi connectivity index (χ1v) is 4.59. The maximum Gasteiger partial charge on any atom is 0.337 e. The van der Waals surface area contributed by atoms with Gasteiger partial charge in [0, 0.05) is 17.1 Å². The van der Waals surface area contributed by atoms with Crippen molar-refractivity contribution < 1.29 is 36.9 Å². The molecule has 0 fully saturated rings. The standard InChI is InChI=1S/C12H8O4.Cu/c13-11(14)9-6-5-7-3-1-2-4-8(7)10(9)12(15)16;/h1-6H,(H,13,14)(H,15,16);. The van der Waals surface area contributed by atoms with Gasteiger partial charge in [0.1, 0.15) is 0 Å². The van der Waals surface area contributed by atoms with E-state index in [2.05, 4.69) is 0 Å². The van der Waals surface area contributed by atoms with Gasteiger partial charge < -0.3 is 10.2 Å². The molecule has 0 saturated carbocycles. The summed E-state index contributed by atoms with van der Waals surface area (Å²) in [5.74, 6) is -2.46. The summed E-state index contributed by atoms with van der Waals surface area (Å²) in [5, 5.41) is 19.1. The summed E-state index contributed by atoms with van der Waals surface area (Å²) < 4.78 is 0. The van der Waals surface area contributed by atoms with Crippen LogP contribution in [-0.2, 0) is 17.1 Å². The van der Waals surface area contributed by atoms with Gasteiger partial charge in [0.2, 0.25) is 0 Å². The van der Waals surface area contributed by atoms with Crippen molar-refractivity contribution in [2.75, 3.05) is 0 Å². The Bertz CT molecular complexity index is 592. The van der Waals surface area contributed by atoms with E-state index in [0.717, 1.165) is 0 Å². The Hall–Kier alpha value is -1.84. The minimum absolute atomic E-state index is 0. The van der Waals surface area contributed by atoms with Crippen molar-refractivity contribution in [2.45, 2.75) is 0 Å². The summed E-state index contributed by atoms with van der Waals surface area (Å²) in [4.78, 5) is 22.0. The molecule has 0 unspecified atom stereocenters. The zero-order chi connectivity index (χ0) is 11.7. The fraction of sp³-hybridized carbons (Fsp3) is 0. The molecule has 1 radical (unpaired) electrons. The number of carboxylic acids is 2. The average molecular weight is 280 g/mol. The van der Waals surface area contributed by atoms with E-state index in [0.29, 0.717) is 10.8 Å². The third-order valence-corrected chi connectivity index (χ3v) is 2.37. The number of hydrogen-bond donors (Lipinski definition) is 2. The van der Waals surface area contributed by atoms with Crippen LogP contribution in [0, 0.1) is 0 Å². The molecule has 0 aliphatic carbocycles. The van der Waals surface area contributed by atoms with E-state index in [4.69, 9.17) is 10.2 Å². The Balaban J connectivity index is 0.00000144. The number of hydrogen-bond acceptors (Lipinski definition) is 2. The predicted molar refractivity (Wildman–Crippen MR) is 57.9 cm³/mol. The quantitative estimate of drug-likeness (QED) is 0.827. The number of rotatable bonds is 2. The van der Waals surface area contributed by atoms with Crippen LogP contribution in [0.3, 0.4) is 0 Å². The van der Waals surface area contributed by atoms with Gasteiger partial charge in [0.25, 0.3) is 0 Å². The van der Waals surface area contributed by atoms with E-state index in [1.807, 2.05) is 0 Å². The first-order chi connectivity index (χ1) is 7.61. The second kappa shape index (κ2) is 4.99. The van der Waals surface area contributed by atoms with E-state index < -0.39 is 11.9 Å². The van der Waals surface area contributed by atoms with Crippen LogP contribution in [0.4, 0.5) is 0 Å². The summed E-state index contributed by atoms with van der Waals surface area (Å²) in [6, 6.07) is 9.72. The van der Waals surface area contributed by atoms with Crippen LogP contribution in [0.15, 0.2) is 36.4 Å². The molecular weight excluding hydrogens is 272 g/mol. The summed E-state index contributed by atoms with van der Waals surface area (Å²) >= 11 is 0. The summed E-state index contributed by atoms with van der Waals surface area (Å²) in [6.07, 6.45) is 0. The first-order valence-electron chi connectivity index (χ1n) is 4.59. The average Bonchev–Trinajstić information content (AvgIpc) is 2.27. The summed E-state index contributed by atoms with van der Waals surface area (Å²) in [5.41, 5.74) is -0.350. The molecule has 0 aliphatic rings. The van der Waals surface area contributed by atoms with E-state index in [1.54, 1.807) is 30.3 Å². The van der Waals surface area contributed by atoms with Crippen molar-refractivity contribution in [3.63, 3.8) is 0 Å². The molecule has 0 heterocycles. The molecule has 91 valence electrons. The van der Waals surface area contributed by atoms with E-state index in [1.165, 1.54) is 6.07 Å². The van der Waals surface area contributed by atoms with Gasteiger partial charge in [-0.25, -0.2) is 9.59 Å². The van der Waals surface area contributed by atoms with Crippen molar-refractivity contribution in [1.29, 1.82) is 0 Å². The van der Waals surface area contributed by atoms with E-state index in [9.17, 15) is 9.59 Å². The van der Waals surface area contributed by atoms with E-state index in [-0.39, 0.29) is 28.2 Å². The second-order valence-corrected chi connectivity index (χ2v) is 3.32. The minimum Gasteiger partial charge on any atom is -0.478 e. The molecule has 0 aliphatic heterocycles. The smallest absolute Gasteiger partial charge is 0.337 e. The Morgan fingerprint density at radius 3 is 2.12 bits per heavy atom. The largest absolute Gasteiger partial charge is 0.478 e. The molecule has 0 amide bonds. The molecule has 0 saturated heterocycles. The maximum absolute atomic E-state index is 11.1. The van der Waals surface area contributed by atoms with Crippen LogP contribution in [0.25, 0.3) is 10.8 Å². The Labute approximate surface area is 107 Å². The topological polar surface area (TPSA) is 74.6 Å². The van der Waals surface area contributed by atoms with Gasteiger partial charge in [-0.2, -0.15) is 0 Å². The molecule has 0 bridgehead atoms. The van der Waals surface area contributed by atoms with Gasteiger partial charge in [-0.3, -0.25) is 0 Å². The third-order valence-electron chi connectivity index (χ3n) is 2.37. The first kappa shape index (κ1) is 13.2. The molecule has 17 heavy (non-hydrogen) atoms. The molecule has 2 aromatic carbocycles. The van der Waals surface area contributed by atoms with Crippen LogP contribution < -0.4 is 0 Å². The SMILES string of the molecule is O=C(O)c1ccc2ccccc2c1C(=O)O.[Cu]. The van der Waals surface area contributed by atoms with Crippen LogP contribution in [0.2, 0.25) is 0 Å². The van der Waals surface area contributed by atoms with Crippen LogP contribution in [0.1, 0.15) is 20.7 Å². The molecular formula is C12H8CuO4. The molecule has 2 rings (SSSR count). The predicted octanol–water partition coefficient (Wildman–Crippen LogP) is 2.23. The number of carboxylic acid groups (broad SMARTS) is 2. The summed E-state index contributed by atoms with van der Waals surface area (Å²) in [6.45, 7) is 0. The molecule has 4 nitrogen and oxygen atoms in total. The van der Waals surface area contributed by atoms with Gasteiger partial charge in [-0.05, 0) is 16.8 Å². The zero-order valence-corrected chi connectivity index (χ0v) is 9.42. The molecule has 0 spiro atoms. The summed E-state index contributed by atoms with van der Waals surface area (Å²) in [7, 11) is 0.